The molecule has 0 bridgehead atoms. The van der Waals surface area contributed by atoms with Gasteiger partial charge in [-0.3, -0.25) is 4.79 Å². The zero-order valence-corrected chi connectivity index (χ0v) is 21.9. The maximum absolute atomic E-state index is 12.4. The molecule has 0 aliphatic heterocycles. The van der Waals surface area contributed by atoms with Crippen LogP contribution < -0.4 is 16.8 Å². The van der Waals surface area contributed by atoms with Crippen LogP contribution in [0.3, 0.4) is 0 Å². The fourth-order valence-electron chi connectivity index (χ4n) is 2.65. The molecular weight excluding hydrogens is 432 g/mol. The van der Waals surface area contributed by atoms with Gasteiger partial charge in [-0.25, -0.2) is 15.0 Å². The molecular formula is C25H38N6OS. The van der Waals surface area contributed by atoms with E-state index in [-0.39, 0.29) is 17.5 Å². The van der Waals surface area contributed by atoms with Crippen LogP contribution >= 0.6 is 11.3 Å². The highest BCUT2D eigenvalue weighted by Crippen LogP contribution is 2.27. The van der Waals surface area contributed by atoms with Crippen molar-refractivity contribution in [2.45, 2.75) is 73.5 Å². The molecule has 1 aromatic carbocycles. The summed E-state index contributed by atoms with van der Waals surface area (Å²) in [6, 6.07) is 8.12. The Kier molecular flexibility index (Phi) is 11.3. The lowest BCUT2D eigenvalue weighted by Crippen LogP contribution is -2.25. The Labute approximate surface area is 202 Å². The van der Waals surface area contributed by atoms with Gasteiger partial charge in [0.2, 0.25) is 0 Å². The summed E-state index contributed by atoms with van der Waals surface area (Å²) in [4.78, 5) is 25.9. The van der Waals surface area contributed by atoms with Gasteiger partial charge in [-0.05, 0) is 44.0 Å². The fraction of sp³-hybridized carbons (Fsp3) is 0.440. The third-order valence-corrected chi connectivity index (χ3v) is 5.67. The predicted molar refractivity (Wildman–Crippen MR) is 138 cm³/mol. The van der Waals surface area contributed by atoms with Gasteiger partial charge in [0.25, 0.3) is 5.91 Å². The van der Waals surface area contributed by atoms with Crippen LogP contribution in [-0.4, -0.2) is 27.0 Å². The number of nitrogens with one attached hydrogen (secondary N) is 1. The van der Waals surface area contributed by atoms with Gasteiger partial charge < -0.3 is 16.8 Å². The third-order valence-electron chi connectivity index (χ3n) is 4.25. The smallest absolute Gasteiger partial charge is 0.263 e. The van der Waals surface area contributed by atoms with Crippen molar-refractivity contribution in [2.24, 2.45) is 11.5 Å². The number of thiazole rings is 1. The van der Waals surface area contributed by atoms with E-state index in [2.05, 4.69) is 47.1 Å². The minimum atomic E-state index is -0.167. The molecule has 0 atom stereocenters. The Bertz CT molecular complexity index is 1020. The van der Waals surface area contributed by atoms with E-state index < -0.39 is 0 Å². The van der Waals surface area contributed by atoms with Gasteiger partial charge in [0, 0.05) is 29.4 Å². The molecule has 0 saturated heterocycles. The van der Waals surface area contributed by atoms with E-state index in [4.69, 9.17) is 11.5 Å². The van der Waals surface area contributed by atoms with Crippen molar-refractivity contribution in [3.8, 4) is 11.3 Å². The first-order valence-electron chi connectivity index (χ1n) is 11.1. The van der Waals surface area contributed by atoms with Crippen LogP contribution in [0.4, 0.5) is 0 Å². The largest absolute Gasteiger partial charge is 0.347 e. The Balaban J connectivity index is 0.000000820. The Hall–Kier alpha value is -2.68. The minimum absolute atomic E-state index is 0.0467. The van der Waals surface area contributed by atoms with Crippen LogP contribution in [0.1, 0.15) is 73.0 Å². The van der Waals surface area contributed by atoms with E-state index in [9.17, 15) is 4.79 Å². The van der Waals surface area contributed by atoms with E-state index in [1.807, 2.05) is 45.9 Å². The topological polar surface area (TPSA) is 120 Å². The number of aromatic nitrogens is 3. The SMILES string of the molecule is CC.CC(N)N.Cc1cc(-c2ccc(CNC(=O)c3cnc(C(C)(C)C)s3)c(C)c2)ncn1. The number of hydrogen-bond donors (Lipinski definition) is 3. The summed E-state index contributed by atoms with van der Waals surface area (Å²) in [7, 11) is 0. The van der Waals surface area contributed by atoms with Crippen LogP contribution in [0.25, 0.3) is 11.3 Å². The molecule has 0 aliphatic carbocycles. The van der Waals surface area contributed by atoms with Crippen molar-refractivity contribution in [1.82, 2.24) is 20.3 Å². The number of nitrogens with zero attached hydrogens (tertiary/aromatic N) is 3. The van der Waals surface area contributed by atoms with E-state index in [0.29, 0.717) is 11.4 Å². The first kappa shape index (κ1) is 28.4. The highest BCUT2D eigenvalue weighted by atomic mass is 32.1. The number of hydrogen-bond acceptors (Lipinski definition) is 7. The highest BCUT2D eigenvalue weighted by Gasteiger charge is 2.20. The average molecular weight is 471 g/mol. The van der Waals surface area contributed by atoms with Gasteiger partial charge in [0.05, 0.1) is 16.9 Å². The minimum Gasteiger partial charge on any atom is -0.347 e. The Morgan fingerprint density at radius 3 is 2.24 bits per heavy atom. The molecule has 2 aromatic heterocycles. The summed E-state index contributed by atoms with van der Waals surface area (Å²) >= 11 is 1.45. The molecule has 8 heteroatoms. The van der Waals surface area contributed by atoms with Gasteiger partial charge in [0.15, 0.2) is 0 Å². The second-order valence-corrected chi connectivity index (χ2v) is 9.54. The quantitative estimate of drug-likeness (QED) is 0.475. The molecule has 0 fully saturated rings. The summed E-state index contributed by atoms with van der Waals surface area (Å²) < 4.78 is 0. The average Bonchev–Trinajstić information content (AvgIpc) is 3.25. The van der Waals surface area contributed by atoms with Gasteiger partial charge in [-0.1, -0.05) is 46.8 Å². The van der Waals surface area contributed by atoms with Crippen LogP contribution in [0.2, 0.25) is 0 Å². The number of nitrogens with two attached hydrogens (primary N) is 2. The lowest BCUT2D eigenvalue weighted by molar-refractivity contribution is 0.0954. The van der Waals surface area contributed by atoms with Crippen molar-refractivity contribution < 1.29 is 4.79 Å². The third kappa shape index (κ3) is 9.37. The summed E-state index contributed by atoms with van der Waals surface area (Å²) in [6.07, 6.45) is 3.07. The molecule has 7 nitrogen and oxygen atoms in total. The fourth-order valence-corrected chi connectivity index (χ4v) is 3.54. The zero-order valence-electron chi connectivity index (χ0n) is 21.1. The number of carbonyl (C=O) groups excluding carboxylic acids is 1. The van der Waals surface area contributed by atoms with Crippen LogP contribution in [0.15, 0.2) is 36.8 Å². The molecule has 0 saturated carbocycles. The predicted octanol–water partition coefficient (Wildman–Crippen LogP) is 4.72. The van der Waals surface area contributed by atoms with Gasteiger partial charge in [-0.2, -0.15) is 0 Å². The highest BCUT2D eigenvalue weighted by molar-refractivity contribution is 7.13. The molecule has 1 amide bonds. The van der Waals surface area contributed by atoms with E-state index >= 15 is 0 Å². The molecule has 33 heavy (non-hydrogen) atoms. The number of rotatable bonds is 4. The number of amides is 1. The van der Waals surface area contributed by atoms with Crippen LogP contribution in [0.5, 0.6) is 0 Å². The molecule has 0 aliphatic rings. The molecule has 180 valence electrons. The standard InChI is InChI=1S/C21H24N4OS.C2H8N2.C2H6/c1-13-8-15(17-9-14(2)24-12-25-17)6-7-16(13)10-22-19(26)18-11-23-20(27-18)21(3,4)5;1-2(3)4;1-2/h6-9,11-12H,10H2,1-5H3,(H,22,26);2H,3-4H2,1H3;1-2H3. The van der Waals surface area contributed by atoms with Crippen molar-refractivity contribution in [2.75, 3.05) is 0 Å². The number of aryl methyl sites for hydroxylation is 2. The molecule has 3 aromatic rings. The first-order valence-corrected chi connectivity index (χ1v) is 11.9. The molecule has 0 spiro atoms. The molecule has 2 heterocycles. The molecule has 5 N–H and O–H groups in total. The van der Waals surface area contributed by atoms with Gasteiger partial charge in [0.1, 0.15) is 11.2 Å². The van der Waals surface area contributed by atoms with E-state index in [0.717, 1.165) is 33.1 Å². The number of benzene rings is 1. The van der Waals surface area contributed by atoms with Gasteiger partial charge >= 0.3 is 0 Å². The van der Waals surface area contributed by atoms with Crippen LogP contribution in [-0.2, 0) is 12.0 Å². The van der Waals surface area contributed by atoms with Gasteiger partial charge in [-0.15, -0.1) is 11.3 Å². The first-order chi connectivity index (χ1) is 15.5. The molecule has 0 unspecified atom stereocenters. The maximum Gasteiger partial charge on any atom is 0.263 e. The lowest BCUT2D eigenvalue weighted by atomic mass is 9.98. The van der Waals surface area contributed by atoms with Crippen LogP contribution in [0, 0.1) is 13.8 Å². The second kappa shape index (κ2) is 13.1. The van der Waals surface area contributed by atoms with Crippen molar-refractivity contribution >= 4 is 17.2 Å². The zero-order chi connectivity index (χ0) is 25.2. The van der Waals surface area contributed by atoms with Crippen molar-refractivity contribution in [3.63, 3.8) is 0 Å². The van der Waals surface area contributed by atoms with Crippen molar-refractivity contribution in [1.29, 1.82) is 0 Å². The van der Waals surface area contributed by atoms with E-state index in [1.54, 1.807) is 19.4 Å². The molecule has 0 radical (unpaired) electrons. The summed E-state index contributed by atoms with van der Waals surface area (Å²) in [5.74, 6) is -0.0853. The van der Waals surface area contributed by atoms with E-state index in [1.165, 1.54) is 11.3 Å². The van der Waals surface area contributed by atoms with Crippen molar-refractivity contribution in [3.05, 3.63) is 63.5 Å². The summed E-state index contributed by atoms with van der Waals surface area (Å²) in [5.41, 5.74) is 14.8. The number of carbonyl (C=O) groups is 1. The Morgan fingerprint density at radius 2 is 1.73 bits per heavy atom. The summed E-state index contributed by atoms with van der Waals surface area (Å²) in [6.45, 7) is 16.5. The summed E-state index contributed by atoms with van der Waals surface area (Å²) in [5, 5.41) is 3.96. The second-order valence-electron chi connectivity index (χ2n) is 8.51. The molecule has 3 rings (SSSR count). The monoisotopic (exact) mass is 470 g/mol. The Morgan fingerprint density at radius 1 is 1.09 bits per heavy atom. The normalized spacial score (nSPS) is 10.6. The lowest BCUT2D eigenvalue weighted by Gasteiger charge is -2.13. The maximum atomic E-state index is 12.4.